The summed E-state index contributed by atoms with van der Waals surface area (Å²) < 4.78 is 2.04. The van der Waals surface area contributed by atoms with Crippen molar-refractivity contribution >= 4 is 22.1 Å². The van der Waals surface area contributed by atoms with Crippen LogP contribution in [0.2, 0.25) is 0 Å². The van der Waals surface area contributed by atoms with Gasteiger partial charge in [-0.05, 0) is 45.2 Å². The lowest BCUT2D eigenvalue weighted by Crippen LogP contribution is -2.44. The summed E-state index contributed by atoms with van der Waals surface area (Å²) in [5.74, 6) is 0.579. The summed E-state index contributed by atoms with van der Waals surface area (Å²) >= 11 is 0. The minimum absolute atomic E-state index is 0.109. The Morgan fingerprint density at radius 3 is 2.59 bits per heavy atom. The highest BCUT2D eigenvalue weighted by atomic mass is 16.1. The van der Waals surface area contributed by atoms with Crippen LogP contribution in [-0.4, -0.2) is 57.5 Å². The van der Waals surface area contributed by atoms with Gasteiger partial charge < -0.3 is 19.2 Å². The highest BCUT2D eigenvalue weighted by Gasteiger charge is 2.16. The predicted molar refractivity (Wildman–Crippen MR) is 116 cm³/mol. The molecular formula is C22H24N6O. The number of likely N-dealkylation sites (N-methyl/N-ethyl adjacent to an activating group) is 1. The summed E-state index contributed by atoms with van der Waals surface area (Å²) in [6.45, 7) is 7.96. The molecule has 0 saturated carbocycles. The molecule has 0 amide bonds. The van der Waals surface area contributed by atoms with Gasteiger partial charge in [0.25, 0.3) is 5.56 Å². The number of aromatic amines is 1. The van der Waals surface area contributed by atoms with Crippen molar-refractivity contribution in [2.45, 2.75) is 13.8 Å². The zero-order valence-corrected chi connectivity index (χ0v) is 16.9. The zero-order valence-electron chi connectivity index (χ0n) is 16.9. The monoisotopic (exact) mass is 388 g/mol. The van der Waals surface area contributed by atoms with E-state index in [0.29, 0.717) is 16.7 Å². The molecule has 1 aromatic carbocycles. The number of hydrogen-bond acceptors (Lipinski definition) is 5. The van der Waals surface area contributed by atoms with Crippen LogP contribution in [0.3, 0.4) is 0 Å². The topological polar surface area (TPSA) is 69.5 Å². The maximum absolute atomic E-state index is 12.9. The maximum atomic E-state index is 12.9. The van der Waals surface area contributed by atoms with Gasteiger partial charge >= 0.3 is 0 Å². The van der Waals surface area contributed by atoms with Gasteiger partial charge in [0, 0.05) is 49.8 Å². The largest absolute Gasteiger partial charge is 0.369 e. The number of piperazine rings is 1. The van der Waals surface area contributed by atoms with Crippen molar-refractivity contribution in [3.8, 4) is 11.4 Å². The fourth-order valence-corrected chi connectivity index (χ4v) is 4.08. The summed E-state index contributed by atoms with van der Waals surface area (Å²) in [4.78, 5) is 29.7. The van der Waals surface area contributed by atoms with Crippen LogP contribution in [0.5, 0.6) is 0 Å². The lowest BCUT2D eigenvalue weighted by molar-refractivity contribution is 0.313. The molecule has 148 valence electrons. The van der Waals surface area contributed by atoms with Gasteiger partial charge in [-0.15, -0.1) is 0 Å². The number of rotatable bonds is 2. The fourth-order valence-electron chi connectivity index (χ4n) is 4.08. The quantitative estimate of drug-likeness (QED) is 0.572. The Labute approximate surface area is 168 Å². The van der Waals surface area contributed by atoms with Gasteiger partial charge in [0.2, 0.25) is 0 Å². The van der Waals surface area contributed by atoms with Crippen molar-refractivity contribution in [1.29, 1.82) is 0 Å². The van der Waals surface area contributed by atoms with E-state index in [1.165, 1.54) is 0 Å². The minimum atomic E-state index is -0.109. The maximum Gasteiger partial charge on any atom is 0.259 e. The average Bonchev–Trinajstić information content (AvgIpc) is 3.13. The van der Waals surface area contributed by atoms with Crippen molar-refractivity contribution in [2.75, 3.05) is 38.1 Å². The van der Waals surface area contributed by atoms with Gasteiger partial charge in [0.1, 0.15) is 5.82 Å². The molecule has 4 aromatic rings. The predicted octanol–water partition coefficient (Wildman–Crippen LogP) is 2.61. The number of aromatic nitrogens is 4. The highest BCUT2D eigenvalue weighted by molar-refractivity contribution is 5.83. The molecular weight excluding hydrogens is 364 g/mol. The number of nitrogens with one attached hydrogen (secondary N) is 1. The molecule has 0 unspecified atom stereocenters. The Kier molecular flexibility index (Phi) is 4.13. The third kappa shape index (κ3) is 3.17. The van der Waals surface area contributed by atoms with E-state index >= 15 is 0 Å². The summed E-state index contributed by atoms with van der Waals surface area (Å²) in [6, 6.07) is 8.00. The molecule has 1 aliphatic heterocycles. The van der Waals surface area contributed by atoms with Crippen molar-refractivity contribution in [3.63, 3.8) is 0 Å². The molecule has 1 saturated heterocycles. The molecule has 0 aliphatic carbocycles. The van der Waals surface area contributed by atoms with Crippen molar-refractivity contribution in [2.24, 2.45) is 0 Å². The van der Waals surface area contributed by atoms with Crippen LogP contribution in [0.1, 0.15) is 11.4 Å². The molecule has 5 rings (SSSR count). The Balaban J connectivity index is 1.56. The van der Waals surface area contributed by atoms with Crippen molar-refractivity contribution in [1.82, 2.24) is 24.3 Å². The average molecular weight is 388 g/mol. The lowest BCUT2D eigenvalue weighted by atomic mass is 10.2. The van der Waals surface area contributed by atoms with E-state index in [4.69, 9.17) is 4.98 Å². The number of hydrogen-bond donors (Lipinski definition) is 1. The molecule has 7 heteroatoms. The van der Waals surface area contributed by atoms with E-state index in [-0.39, 0.29) is 5.56 Å². The smallest absolute Gasteiger partial charge is 0.259 e. The minimum Gasteiger partial charge on any atom is -0.369 e. The van der Waals surface area contributed by atoms with E-state index in [0.717, 1.165) is 54.3 Å². The standard InChI is InChI=1S/C22H24N6O/c1-14-12-28-13-16(10-20(28)15(2)23-14)21-24-19-5-4-17(11-18(19)22(29)25-21)27-8-6-26(3)7-9-27/h4-5,10-13H,6-9H2,1-3H3,(H,24,25,29). The first-order valence-corrected chi connectivity index (χ1v) is 9.92. The number of fused-ring (bicyclic) bond motifs is 2. The number of aryl methyl sites for hydroxylation is 2. The third-order valence-electron chi connectivity index (χ3n) is 5.72. The first-order chi connectivity index (χ1) is 14.0. The van der Waals surface area contributed by atoms with E-state index in [1.807, 2.05) is 48.8 Å². The number of nitrogens with zero attached hydrogens (tertiary/aromatic N) is 5. The van der Waals surface area contributed by atoms with Gasteiger partial charge in [-0.1, -0.05) is 0 Å². The number of anilines is 1. The van der Waals surface area contributed by atoms with Crippen molar-refractivity contribution in [3.05, 3.63) is 58.4 Å². The lowest BCUT2D eigenvalue weighted by Gasteiger charge is -2.34. The van der Waals surface area contributed by atoms with Gasteiger partial charge in [-0.25, -0.2) is 4.98 Å². The van der Waals surface area contributed by atoms with Gasteiger partial charge in [-0.2, -0.15) is 0 Å². The molecule has 7 nitrogen and oxygen atoms in total. The molecule has 0 spiro atoms. The van der Waals surface area contributed by atoms with Crippen LogP contribution in [-0.2, 0) is 0 Å². The Hall–Kier alpha value is -3.19. The van der Waals surface area contributed by atoms with Gasteiger partial charge in [0.15, 0.2) is 0 Å². The van der Waals surface area contributed by atoms with E-state index in [1.54, 1.807) is 0 Å². The molecule has 1 N–H and O–H groups in total. The normalized spacial score (nSPS) is 15.5. The Morgan fingerprint density at radius 1 is 1.00 bits per heavy atom. The summed E-state index contributed by atoms with van der Waals surface area (Å²) in [5.41, 5.74) is 5.48. The SMILES string of the molecule is Cc1cn2cc(-c3nc4ccc(N5CCN(C)CC5)cc4c(=O)[nH]3)cc2c(C)n1. The Morgan fingerprint density at radius 2 is 1.79 bits per heavy atom. The van der Waals surface area contributed by atoms with Crippen molar-refractivity contribution < 1.29 is 0 Å². The van der Waals surface area contributed by atoms with Gasteiger partial charge in [0.05, 0.1) is 27.8 Å². The molecule has 1 aliphatic rings. The molecule has 0 radical (unpaired) electrons. The second-order valence-corrected chi connectivity index (χ2v) is 7.90. The number of H-pyrrole nitrogens is 1. The molecule has 29 heavy (non-hydrogen) atoms. The summed E-state index contributed by atoms with van der Waals surface area (Å²) in [7, 11) is 2.14. The second kappa shape index (κ2) is 6.70. The molecule has 4 heterocycles. The summed E-state index contributed by atoms with van der Waals surface area (Å²) in [6.07, 6.45) is 3.97. The van der Waals surface area contributed by atoms with Crippen LogP contribution in [0, 0.1) is 13.8 Å². The molecule has 1 fully saturated rings. The van der Waals surface area contributed by atoms with E-state index in [9.17, 15) is 4.79 Å². The van der Waals surface area contributed by atoms with Gasteiger partial charge in [-0.3, -0.25) is 9.78 Å². The highest BCUT2D eigenvalue weighted by Crippen LogP contribution is 2.24. The first-order valence-electron chi connectivity index (χ1n) is 9.92. The first kappa shape index (κ1) is 17.9. The van der Waals surface area contributed by atoms with E-state index < -0.39 is 0 Å². The fraction of sp³-hybridized carbons (Fsp3) is 0.318. The zero-order chi connectivity index (χ0) is 20.1. The molecule has 3 aromatic heterocycles. The molecule has 0 atom stereocenters. The summed E-state index contributed by atoms with van der Waals surface area (Å²) in [5, 5.41) is 0.627. The van der Waals surface area contributed by atoms with E-state index in [2.05, 4.69) is 32.9 Å². The van der Waals surface area contributed by atoms with Crippen LogP contribution in [0.25, 0.3) is 27.8 Å². The van der Waals surface area contributed by atoms with Crippen LogP contribution < -0.4 is 10.5 Å². The van der Waals surface area contributed by atoms with Crippen LogP contribution in [0.15, 0.2) is 41.5 Å². The molecule has 0 bridgehead atoms. The number of benzene rings is 1. The third-order valence-corrected chi connectivity index (χ3v) is 5.72. The Bertz CT molecular complexity index is 1280. The second-order valence-electron chi connectivity index (χ2n) is 7.90. The van der Waals surface area contributed by atoms with Crippen LogP contribution in [0.4, 0.5) is 5.69 Å². The van der Waals surface area contributed by atoms with Crippen LogP contribution >= 0.6 is 0 Å².